The van der Waals surface area contributed by atoms with Crippen molar-refractivity contribution in [1.82, 2.24) is 0 Å². The van der Waals surface area contributed by atoms with E-state index in [0.717, 1.165) is 6.42 Å². The molecule has 1 N–H and O–H groups in total. The molecule has 1 unspecified atom stereocenters. The summed E-state index contributed by atoms with van der Waals surface area (Å²) in [6, 6.07) is 0. The summed E-state index contributed by atoms with van der Waals surface area (Å²) in [6.07, 6.45) is 8.98. The highest BCUT2D eigenvalue weighted by Gasteiger charge is 2.13. The molecule has 0 saturated heterocycles. The number of aliphatic hydroxyl groups excluding tert-OH is 1. The minimum absolute atomic E-state index is 0.261. The van der Waals surface area contributed by atoms with Crippen molar-refractivity contribution in [3.8, 4) is 0 Å². The Morgan fingerprint density at radius 1 is 1.54 bits per heavy atom. The molecule has 1 aliphatic carbocycles. The molecule has 0 amide bonds. The second-order valence-corrected chi connectivity index (χ2v) is 3.94. The molecule has 0 spiro atoms. The van der Waals surface area contributed by atoms with E-state index < -0.39 is 0 Å². The molecule has 0 aliphatic heterocycles. The largest absolute Gasteiger partial charge is 0.396 e. The van der Waals surface area contributed by atoms with Crippen LogP contribution in [0.25, 0.3) is 0 Å². The van der Waals surface area contributed by atoms with Crippen LogP contribution in [0, 0.1) is 5.92 Å². The molecule has 1 atom stereocenters. The highest BCUT2D eigenvalue weighted by molar-refractivity contribution is 5.28. The molecule has 0 radical (unpaired) electrons. The standard InChI is InChI=1S/C12H20O/c1-10-6-5-7-11(2)12(10)8-3-4-9-13/h3,8,10,13H,4-7,9H2,1-2H3/b8-3+. The van der Waals surface area contributed by atoms with E-state index in [-0.39, 0.29) is 6.61 Å². The van der Waals surface area contributed by atoms with Crippen LogP contribution in [-0.2, 0) is 0 Å². The summed E-state index contributed by atoms with van der Waals surface area (Å²) >= 11 is 0. The predicted octanol–water partition coefficient (Wildman–Crippen LogP) is 3.06. The normalized spacial score (nSPS) is 24.4. The van der Waals surface area contributed by atoms with Gasteiger partial charge >= 0.3 is 0 Å². The molecular weight excluding hydrogens is 160 g/mol. The Balaban J connectivity index is 2.63. The molecule has 0 saturated carbocycles. The van der Waals surface area contributed by atoms with Crippen molar-refractivity contribution in [2.45, 2.75) is 39.5 Å². The molecular formula is C12H20O. The molecule has 1 heteroatoms. The Bertz CT molecular complexity index is 213. The summed E-state index contributed by atoms with van der Waals surface area (Å²) in [5.41, 5.74) is 3.03. The SMILES string of the molecule is CC1=C(/C=C/CCO)C(C)CCC1. The number of allylic oxidation sites excluding steroid dienone is 3. The van der Waals surface area contributed by atoms with E-state index in [1.165, 1.54) is 30.4 Å². The van der Waals surface area contributed by atoms with Gasteiger partial charge in [0.05, 0.1) is 0 Å². The van der Waals surface area contributed by atoms with Gasteiger partial charge in [-0.05, 0) is 44.1 Å². The lowest BCUT2D eigenvalue weighted by Gasteiger charge is -2.22. The zero-order valence-corrected chi connectivity index (χ0v) is 8.71. The van der Waals surface area contributed by atoms with Gasteiger partial charge in [0.15, 0.2) is 0 Å². The van der Waals surface area contributed by atoms with E-state index in [4.69, 9.17) is 5.11 Å². The minimum atomic E-state index is 0.261. The topological polar surface area (TPSA) is 20.2 Å². The molecule has 0 bridgehead atoms. The Morgan fingerprint density at radius 3 is 2.92 bits per heavy atom. The Morgan fingerprint density at radius 2 is 2.31 bits per heavy atom. The summed E-state index contributed by atoms with van der Waals surface area (Å²) in [5, 5.41) is 8.66. The molecule has 74 valence electrons. The number of hydrogen-bond donors (Lipinski definition) is 1. The maximum Gasteiger partial charge on any atom is 0.0465 e. The minimum Gasteiger partial charge on any atom is -0.396 e. The third kappa shape index (κ3) is 3.00. The molecule has 0 heterocycles. The molecule has 1 rings (SSSR count). The van der Waals surface area contributed by atoms with Gasteiger partial charge in [-0.1, -0.05) is 24.6 Å². The lowest BCUT2D eigenvalue weighted by molar-refractivity contribution is 0.302. The smallest absolute Gasteiger partial charge is 0.0465 e. The quantitative estimate of drug-likeness (QED) is 0.707. The summed E-state index contributed by atoms with van der Waals surface area (Å²) in [6.45, 7) is 4.78. The van der Waals surface area contributed by atoms with Gasteiger partial charge in [-0.2, -0.15) is 0 Å². The van der Waals surface area contributed by atoms with E-state index >= 15 is 0 Å². The van der Waals surface area contributed by atoms with Crippen LogP contribution in [0.2, 0.25) is 0 Å². The number of hydrogen-bond acceptors (Lipinski definition) is 1. The molecule has 0 fully saturated rings. The van der Waals surface area contributed by atoms with E-state index in [2.05, 4.69) is 26.0 Å². The fourth-order valence-electron chi connectivity index (χ4n) is 1.99. The van der Waals surface area contributed by atoms with Gasteiger partial charge in [0, 0.05) is 6.61 Å². The van der Waals surface area contributed by atoms with Crippen LogP contribution in [-0.4, -0.2) is 11.7 Å². The fourth-order valence-corrected chi connectivity index (χ4v) is 1.99. The van der Waals surface area contributed by atoms with Crippen LogP contribution >= 0.6 is 0 Å². The average molecular weight is 180 g/mol. The molecule has 13 heavy (non-hydrogen) atoms. The summed E-state index contributed by atoms with van der Waals surface area (Å²) in [4.78, 5) is 0. The van der Waals surface area contributed by atoms with Gasteiger partial charge in [0.2, 0.25) is 0 Å². The second-order valence-electron chi connectivity index (χ2n) is 3.94. The first-order valence-electron chi connectivity index (χ1n) is 5.22. The third-order valence-electron chi connectivity index (χ3n) is 2.81. The Hall–Kier alpha value is -0.560. The summed E-state index contributed by atoms with van der Waals surface area (Å²) in [7, 11) is 0. The molecule has 1 aliphatic rings. The van der Waals surface area contributed by atoms with Gasteiger partial charge in [0.1, 0.15) is 0 Å². The van der Waals surface area contributed by atoms with Crippen molar-refractivity contribution in [2.24, 2.45) is 5.92 Å². The first-order valence-corrected chi connectivity index (χ1v) is 5.22. The maximum absolute atomic E-state index is 8.66. The molecule has 0 aromatic rings. The highest BCUT2D eigenvalue weighted by atomic mass is 16.2. The van der Waals surface area contributed by atoms with E-state index in [1.54, 1.807) is 0 Å². The average Bonchev–Trinajstić information content (AvgIpc) is 2.10. The van der Waals surface area contributed by atoms with Gasteiger partial charge in [-0.3, -0.25) is 0 Å². The first kappa shape index (κ1) is 10.5. The second kappa shape index (κ2) is 5.23. The van der Waals surface area contributed by atoms with Crippen LogP contribution in [0.15, 0.2) is 23.3 Å². The van der Waals surface area contributed by atoms with Crippen LogP contribution in [0.1, 0.15) is 39.5 Å². The zero-order valence-electron chi connectivity index (χ0n) is 8.71. The molecule has 0 aromatic heterocycles. The monoisotopic (exact) mass is 180 g/mol. The molecule has 1 nitrogen and oxygen atoms in total. The van der Waals surface area contributed by atoms with Crippen molar-refractivity contribution in [3.63, 3.8) is 0 Å². The van der Waals surface area contributed by atoms with E-state index in [9.17, 15) is 0 Å². The summed E-state index contributed by atoms with van der Waals surface area (Å²) in [5.74, 6) is 0.712. The maximum atomic E-state index is 8.66. The Kier molecular flexibility index (Phi) is 4.23. The fraction of sp³-hybridized carbons (Fsp3) is 0.667. The van der Waals surface area contributed by atoms with Crippen LogP contribution in [0.3, 0.4) is 0 Å². The van der Waals surface area contributed by atoms with Gasteiger partial charge in [-0.15, -0.1) is 0 Å². The third-order valence-corrected chi connectivity index (χ3v) is 2.81. The van der Waals surface area contributed by atoms with E-state index in [1.807, 2.05) is 0 Å². The summed E-state index contributed by atoms with van der Waals surface area (Å²) < 4.78 is 0. The number of aliphatic hydroxyl groups is 1. The zero-order chi connectivity index (χ0) is 9.68. The predicted molar refractivity (Wildman–Crippen MR) is 56.6 cm³/mol. The van der Waals surface area contributed by atoms with Gasteiger partial charge in [-0.25, -0.2) is 0 Å². The van der Waals surface area contributed by atoms with Crippen LogP contribution < -0.4 is 0 Å². The van der Waals surface area contributed by atoms with Gasteiger partial charge in [0.25, 0.3) is 0 Å². The van der Waals surface area contributed by atoms with Crippen molar-refractivity contribution in [2.75, 3.05) is 6.61 Å². The molecule has 0 aromatic carbocycles. The Labute approximate surface area is 81.2 Å². The van der Waals surface area contributed by atoms with Gasteiger partial charge < -0.3 is 5.11 Å². The van der Waals surface area contributed by atoms with Crippen molar-refractivity contribution in [3.05, 3.63) is 23.3 Å². The highest BCUT2D eigenvalue weighted by Crippen LogP contribution is 2.30. The first-order chi connectivity index (χ1) is 6.25. The van der Waals surface area contributed by atoms with Crippen molar-refractivity contribution < 1.29 is 5.11 Å². The lowest BCUT2D eigenvalue weighted by Crippen LogP contribution is -2.06. The van der Waals surface area contributed by atoms with Crippen molar-refractivity contribution in [1.29, 1.82) is 0 Å². The van der Waals surface area contributed by atoms with Crippen LogP contribution in [0.4, 0.5) is 0 Å². The van der Waals surface area contributed by atoms with E-state index in [0.29, 0.717) is 5.92 Å². The lowest BCUT2D eigenvalue weighted by atomic mass is 9.84. The number of rotatable bonds is 3. The van der Waals surface area contributed by atoms with Crippen LogP contribution in [0.5, 0.6) is 0 Å². The van der Waals surface area contributed by atoms with Crippen molar-refractivity contribution >= 4 is 0 Å².